The van der Waals surface area contributed by atoms with Gasteiger partial charge in [-0.25, -0.2) is 0 Å². The lowest BCUT2D eigenvalue weighted by molar-refractivity contribution is -0.116. The van der Waals surface area contributed by atoms with E-state index in [9.17, 15) is 19.2 Å². The minimum atomic E-state index is -0.0871. The molecule has 26 heteroatoms. The van der Waals surface area contributed by atoms with Crippen molar-refractivity contribution in [3.8, 4) is 0 Å². The summed E-state index contributed by atoms with van der Waals surface area (Å²) in [5, 5.41) is 53.0. The van der Waals surface area contributed by atoms with Gasteiger partial charge in [0.05, 0.1) is 25.7 Å². The molecule has 6 fully saturated rings. The zero-order valence-corrected chi connectivity index (χ0v) is 58.1. The van der Waals surface area contributed by atoms with Crippen molar-refractivity contribution >= 4 is 112 Å². The van der Waals surface area contributed by atoms with Crippen LogP contribution in [0.15, 0.2) is 97.1 Å². The van der Waals surface area contributed by atoms with Crippen molar-refractivity contribution in [3.63, 3.8) is 0 Å². The van der Waals surface area contributed by atoms with Gasteiger partial charge in [-0.1, -0.05) is 107 Å². The SMILES string of the molecule is CN1CCN(c2cccc(CC(=O)Nc3nnc([C@H]4CCC[C@H](c5nnc(NC(=O)Cc6cccc(N7CCN(C)CC7)c6)s5)C4)s3)c2)CC1.O=C(Cc1cccc(N2CCCC2)c1)Nc1nnc([C@H]2CCC[C@H](c3nnc(NC(=O)Cc4cccc(N5CCCC5)c4)s3)C2)s1. The highest BCUT2D eigenvalue weighted by atomic mass is 32.1. The average molecular weight is 1370 g/mol. The summed E-state index contributed by atoms with van der Waals surface area (Å²) >= 11 is 5.86. The molecule has 0 radical (unpaired) electrons. The maximum atomic E-state index is 13.0. The second-order valence-corrected chi connectivity index (χ2v) is 30.5. The molecule has 4 aliphatic heterocycles. The molecule has 0 bridgehead atoms. The maximum Gasteiger partial charge on any atom is 0.230 e. The van der Waals surface area contributed by atoms with E-state index in [0.717, 1.165) is 172 Å². The first-order chi connectivity index (χ1) is 46.9. The van der Waals surface area contributed by atoms with Crippen LogP contribution in [0.4, 0.5) is 43.3 Å². The molecule has 4 amide bonds. The number of anilines is 8. The number of hydrogen-bond acceptors (Lipinski definition) is 22. The van der Waals surface area contributed by atoms with Gasteiger partial charge < -0.3 is 50.7 Å². The van der Waals surface area contributed by atoms with E-state index in [1.807, 2.05) is 48.5 Å². The number of piperazine rings is 2. The van der Waals surface area contributed by atoms with E-state index in [-0.39, 0.29) is 47.3 Å². The molecule has 4 saturated heterocycles. The molecule has 4 aromatic carbocycles. The fraction of sp³-hybridized carbons (Fsp3) is 0.486. The first-order valence-electron chi connectivity index (χ1n) is 34.2. The third-order valence-corrected chi connectivity index (χ3v) is 23.3. The zero-order chi connectivity index (χ0) is 65.7. The summed E-state index contributed by atoms with van der Waals surface area (Å²) in [5.74, 6) is 0.661. The van der Waals surface area contributed by atoms with Gasteiger partial charge in [0.25, 0.3) is 0 Å². The Labute approximate surface area is 577 Å². The van der Waals surface area contributed by atoms with E-state index in [1.54, 1.807) is 0 Å². The highest BCUT2D eigenvalue weighted by Gasteiger charge is 2.32. The van der Waals surface area contributed by atoms with Crippen molar-refractivity contribution in [2.75, 3.05) is 133 Å². The van der Waals surface area contributed by atoms with E-state index < -0.39 is 0 Å². The lowest BCUT2D eigenvalue weighted by atomic mass is 9.82. The number of hydrogen-bond donors (Lipinski definition) is 4. The Morgan fingerprint density at radius 2 is 0.594 bits per heavy atom. The predicted molar refractivity (Wildman–Crippen MR) is 385 cm³/mol. The van der Waals surface area contributed by atoms with Crippen molar-refractivity contribution in [2.45, 2.75) is 126 Å². The van der Waals surface area contributed by atoms with E-state index in [1.165, 1.54) is 93.8 Å². The van der Waals surface area contributed by atoms with Gasteiger partial charge in [-0.2, -0.15) is 0 Å². The van der Waals surface area contributed by atoms with Crippen LogP contribution in [0.2, 0.25) is 0 Å². The summed E-state index contributed by atoms with van der Waals surface area (Å²) in [6, 6.07) is 33.1. The minimum Gasteiger partial charge on any atom is -0.372 e. The third-order valence-electron chi connectivity index (χ3n) is 19.3. The fourth-order valence-corrected chi connectivity index (χ4v) is 17.6. The molecule has 504 valence electrons. The zero-order valence-electron chi connectivity index (χ0n) is 54.9. The van der Waals surface area contributed by atoms with Crippen LogP contribution in [0.25, 0.3) is 0 Å². The number of likely N-dealkylation sites (N-methyl/N-ethyl adjacent to an activating group) is 2. The van der Waals surface area contributed by atoms with Gasteiger partial charge in [0.1, 0.15) is 20.0 Å². The second kappa shape index (κ2) is 32.0. The lowest BCUT2D eigenvalue weighted by Gasteiger charge is -2.34. The number of aromatic nitrogens is 8. The number of carbonyl (C=O) groups is 4. The van der Waals surface area contributed by atoms with Gasteiger partial charge in [-0.15, -0.1) is 40.8 Å². The quantitative estimate of drug-likeness (QED) is 0.0555. The van der Waals surface area contributed by atoms with Gasteiger partial charge in [0.2, 0.25) is 44.2 Å². The van der Waals surface area contributed by atoms with Crippen molar-refractivity contribution in [2.24, 2.45) is 0 Å². The Morgan fingerprint density at radius 1 is 0.344 bits per heavy atom. The normalized spacial score (nSPS) is 20.2. The topological polar surface area (TPSA) is 239 Å². The molecule has 6 aliphatic rings. The van der Waals surface area contributed by atoms with Crippen molar-refractivity contribution in [3.05, 3.63) is 139 Å². The van der Waals surface area contributed by atoms with Crippen LogP contribution in [0.5, 0.6) is 0 Å². The second-order valence-electron chi connectivity index (χ2n) is 26.5. The monoisotopic (exact) mass is 1370 g/mol. The molecule has 14 rings (SSSR count). The van der Waals surface area contributed by atoms with Gasteiger partial charge in [0.15, 0.2) is 0 Å². The molecule has 22 nitrogen and oxygen atoms in total. The molecule has 8 heterocycles. The summed E-state index contributed by atoms with van der Waals surface area (Å²) in [5.41, 5.74) is 8.69. The molecule has 8 aromatic rings. The first kappa shape index (κ1) is 66.7. The lowest BCUT2D eigenvalue weighted by Crippen LogP contribution is -2.44. The summed E-state index contributed by atoms with van der Waals surface area (Å²) in [6.45, 7) is 12.5. The van der Waals surface area contributed by atoms with Crippen LogP contribution < -0.4 is 40.9 Å². The number of benzene rings is 4. The molecule has 96 heavy (non-hydrogen) atoms. The van der Waals surface area contributed by atoms with Gasteiger partial charge in [0, 0.05) is 125 Å². The smallest absolute Gasteiger partial charge is 0.230 e. The van der Waals surface area contributed by atoms with Crippen LogP contribution in [0, 0.1) is 0 Å². The first-order valence-corrected chi connectivity index (χ1v) is 37.4. The van der Waals surface area contributed by atoms with Crippen molar-refractivity contribution < 1.29 is 19.2 Å². The fourth-order valence-electron chi connectivity index (χ4n) is 14.0. The summed E-state index contributed by atoms with van der Waals surface area (Å²) in [6.07, 6.45) is 14.1. The Kier molecular flexibility index (Phi) is 22.2. The molecule has 4 atom stereocenters. The summed E-state index contributed by atoms with van der Waals surface area (Å²) in [7, 11) is 4.30. The highest BCUT2D eigenvalue weighted by Crippen LogP contribution is 2.45. The Morgan fingerprint density at radius 3 is 0.854 bits per heavy atom. The largest absolute Gasteiger partial charge is 0.372 e. The average Bonchev–Trinajstić information content (AvgIpc) is 1.92. The van der Waals surface area contributed by atoms with Crippen LogP contribution in [-0.2, 0) is 44.9 Å². The molecular formula is C70H86N18O4S4. The Bertz CT molecular complexity index is 3680. The molecule has 4 aromatic heterocycles. The summed E-state index contributed by atoms with van der Waals surface area (Å²) in [4.78, 5) is 65.8. The number of nitrogens with one attached hydrogen (secondary N) is 4. The molecular weight excluding hydrogens is 1290 g/mol. The van der Waals surface area contributed by atoms with Crippen LogP contribution in [-0.4, -0.2) is 167 Å². The standard InChI is InChI=1S/C36H46N10O2S2.C34H40N8O2S2/c1-43-12-16-45(17-13-43)29-10-3-6-25(20-29)22-31(47)37-35-41-39-33(49-35)27-8-5-9-28(24-27)34-40-42-36(50-34)38-32(48)23-26-7-4-11-30(21-26)46-18-14-44(2)15-19-46;43-29(20-23-8-5-12-27(18-23)41-14-1-2-15-41)35-33-39-37-31(45-33)25-10-7-11-26(22-25)32-38-40-34(46-32)36-30(44)21-24-9-6-13-28(19-24)42-16-3-4-17-42/h3-4,6-7,10-11,20-21,27-28H,5,8-9,12-19,22-24H2,1-2H3,(H,37,41,47)(H,38,42,48);5-6,8-9,12-13,18-19,25-26H,1-4,7,10-11,14-17,20-22H2,(H,35,39,43)(H,36,40,44)/t27-,28-;25-,26-/m00/s1. The Balaban J connectivity index is 0.000000174. The van der Waals surface area contributed by atoms with Crippen LogP contribution in [0.1, 0.15) is 143 Å². The van der Waals surface area contributed by atoms with E-state index in [4.69, 9.17) is 0 Å². The van der Waals surface area contributed by atoms with Crippen molar-refractivity contribution in [1.29, 1.82) is 0 Å². The van der Waals surface area contributed by atoms with E-state index in [0.29, 0.717) is 46.2 Å². The number of carbonyl (C=O) groups excluding carboxylic acids is 4. The third kappa shape index (κ3) is 18.0. The van der Waals surface area contributed by atoms with E-state index in [2.05, 4.69) is 154 Å². The predicted octanol–water partition coefficient (Wildman–Crippen LogP) is 11.1. The Hall–Kier alpha value is -7.88. The summed E-state index contributed by atoms with van der Waals surface area (Å²) < 4.78 is 0. The van der Waals surface area contributed by atoms with Crippen LogP contribution in [0.3, 0.4) is 0 Å². The number of rotatable bonds is 20. The van der Waals surface area contributed by atoms with Gasteiger partial charge in [-0.05, 0) is 149 Å². The van der Waals surface area contributed by atoms with Crippen LogP contribution >= 0.6 is 45.3 Å². The maximum absolute atomic E-state index is 13.0. The molecule has 2 saturated carbocycles. The number of nitrogens with zero attached hydrogens (tertiary/aromatic N) is 14. The molecule has 0 unspecified atom stereocenters. The van der Waals surface area contributed by atoms with Gasteiger partial charge in [-0.3, -0.25) is 19.2 Å². The van der Waals surface area contributed by atoms with Crippen molar-refractivity contribution in [1.82, 2.24) is 50.6 Å². The highest BCUT2D eigenvalue weighted by molar-refractivity contribution is 7.16. The molecule has 2 aliphatic carbocycles. The minimum absolute atomic E-state index is 0.0782. The molecule has 4 N–H and O–H groups in total. The molecule has 0 spiro atoms. The van der Waals surface area contributed by atoms with E-state index >= 15 is 0 Å². The number of amides is 4. The van der Waals surface area contributed by atoms with Gasteiger partial charge >= 0.3 is 0 Å².